The number of aryl methyl sites for hydroxylation is 1. The van der Waals surface area contributed by atoms with Crippen molar-refractivity contribution in [1.82, 2.24) is 47.0 Å². The van der Waals surface area contributed by atoms with E-state index >= 15 is 0 Å². The standard InChI is InChI=1S/C51H69N9O6.C2H6N2/c1-32-12-10-30-59(32)50(65)43(56-34(3)33(2)52-5)26-28-54-47(62)39-22-18-36(19-23-39)37-20-24-40(25-21-37)48(63)55-29-27-44(58-46(61)35(4)53-6)51(66)60-31-11-17-45(60)49(64)57-42-16-9-14-38-13-7-8-15-41(38)42;1-4-2-3/h7-8,13,15,18-25,32-33,35,42-45,52-53,56H,3,9-12,14,16-17,26-31H2,1-2,4-6H3,(H,54,62)(H,55,63)(H,57,64)(H,58,61);2H,1H3,(H2,3,4)/t32-,33+,35?,42-,43?,44+,45+;/m1./s1. The molecule has 3 aromatic rings. The van der Waals surface area contributed by atoms with Crippen molar-refractivity contribution < 1.29 is 28.8 Å². The maximum absolute atomic E-state index is 14.1. The minimum absolute atomic E-state index is 0.0170. The van der Waals surface area contributed by atoms with E-state index in [2.05, 4.69) is 67.8 Å². The van der Waals surface area contributed by atoms with E-state index in [9.17, 15) is 28.8 Å². The zero-order valence-electron chi connectivity index (χ0n) is 41.8. The van der Waals surface area contributed by atoms with E-state index in [-0.39, 0.29) is 66.5 Å². The predicted octanol–water partition coefficient (Wildman–Crippen LogP) is 3.56. The Morgan fingerprint density at radius 2 is 1.26 bits per heavy atom. The van der Waals surface area contributed by atoms with Crippen LogP contribution in [0, 0.1) is 0 Å². The second kappa shape index (κ2) is 27.0. The Morgan fingerprint density at radius 3 is 1.80 bits per heavy atom. The predicted molar refractivity (Wildman–Crippen MR) is 275 cm³/mol. The number of carbonyl (C=O) groups excluding carboxylic acids is 6. The summed E-state index contributed by atoms with van der Waals surface area (Å²) in [6.07, 6.45) is 7.72. The van der Waals surface area contributed by atoms with Crippen LogP contribution < -0.4 is 43.0 Å². The number of nitrogens with one attached hydrogen (secondary N) is 7. The molecule has 378 valence electrons. The highest BCUT2D eigenvalue weighted by Crippen LogP contribution is 2.31. The van der Waals surface area contributed by atoms with E-state index in [0.717, 1.165) is 55.3 Å². The molecule has 2 aliphatic heterocycles. The van der Waals surface area contributed by atoms with Gasteiger partial charge in [-0.2, -0.15) is 0 Å². The zero-order valence-corrected chi connectivity index (χ0v) is 41.8. The lowest BCUT2D eigenvalue weighted by Gasteiger charge is -2.32. The van der Waals surface area contributed by atoms with Crippen LogP contribution in [-0.4, -0.2) is 135 Å². The monoisotopic (exact) mass is 962 g/mol. The Hall–Kier alpha value is -6.59. The van der Waals surface area contributed by atoms with Crippen molar-refractivity contribution in [3.8, 4) is 11.1 Å². The molecular weight excluding hydrogens is 887 g/mol. The highest BCUT2D eigenvalue weighted by Gasteiger charge is 2.39. The Kier molecular flexibility index (Phi) is 20.9. The average Bonchev–Trinajstić information content (AvgIpc) is 4.07. The molecule has 7 atom stereocenters. The number of nitrogens with two attached hydrogens (primary N) is 1. The number of amides is 6. The smallest absolute Gasteiger partial charge is 0.251 e. The number of benzene rings is 3. The Bertz CT molecular complexity index is 2280. The second-order valence-corrected chi connectivity index (χ2v) is 18.3. The molecule has 9 N–H and O–H groups in total. The lowest BCUT2D eigenvalue weighted by Crippen LogP contribution is -2.56. The van der Waals surface area contributed by atoms with Gasteiger partial charge in [-0.1, -0.05) is 55.1 Å². The van der Waals surface area contributed by atoms with Crippen LogP contribution in [0.25, 0.3) is 11.1 Å². The van der Waals surface area contributed by atoms with E-state index in [1.54, 1.807) is 50.2 Å². The zero-order chi connectivity index (χ0) is 50.7. The first kappa shape index (κ1) is 54.4. The molecule has 6 rings (SSSR count). The van der Waals surface area contributed by atoms with Gasteiger partial charge in [-0.15, -0.1) is 0 Å². The largest absolute Gasteiger partial charge is 0.390 e. The van der Waals surface area contributed by atoms with Gasteiger partial charge in [0.15, 0.2) is 0 Å². The Balaban J connectivity index is 0.00000219. The highest BCUT2D eigenvalue weighted by molar-refractivity contribution is 5.96. The van der Waals surface area contributed by atoms with E-state index in [4.69, 9.17) is 5.73 Å². The molecule has 3 aromatic carbocycles. The van der Waals surface area contributed by atoms with Gasteiger partial charge in [0.2, 0.25) is 23.6 Å². The number of hydrogen-bond donors (Lipinski definition) is 8. The summed E-state index contributed by atoms with van der Waals surface area (Å²) in [5, 5.41) is 21.3. The van der Waals surface area contributed by atoms with Gasteiger partial charge in [0, 0.05) is 62.1 Å². The highest BCUT2D eigenvalue weighted by atomic mass is 16.2. The summed E-state index contributed by atoms with van der Waals surface area (Å²) >= 11 is 0. The van der Waals surface area contributed by atoms with Crippen molar-refractivity contribution in [3.05, 3.63) is 107 Å². The summed E-state index contributed by atoms with van der Waals surface area (Å²) in [4.78, 5) is 87.8. The molecule has 0 aromatic heterocycles. The second-order valence-electron chi connectivity index (χ2n) is 18.3. The fourth-order valence-corrected chi connectivity index (χ4v) is 9.09. The lowest BCUT2D eigenvalue weighted by atomic mass is 9.87. The third-order valence-electron chi connectivity index (χ3n) is 13.6. The van der Waals surface area contributed by atoms with Gasteiger partial charge in [-0.25, -0.2) is 0 Å². The van der Waals surface area contributed by atoms with Crippen LogP contribution in [0.3, 0.4) is 0 Å². The topological polar surface area (TPSA) is 231 Å². The number of rotatable bonds is 20. The van der Waals surface area contributed by atoms with Gasteiger partial charge in [0.25, 0.3) is 11.8 Å². The van der Waals surface area contributed by atoms with Crippen molar-refractivity contribution >= 4 is 41.8 Å². The fourth-order valence-electron chi connectivity index (χ4n) is 9.09. The molecule has 17 heteroatoms. The Morgan fingerprint density at radius 1 is 0.729 bits per heavy atom. The molecule has 2 fully saturated rings. The first-order valence-corrected chi connectivity index (χ1v) is 24.7. The van der Waals surface area contributed by atoms with Crippen molar-refractivity contribution in [2.24, 2.45) is 10.7 Å². The third kappa shape index (κ3) is 14.7. The van der Waals surface area contributed by atoms with Crippen molar-refractivity contribution in [1.29, 1.82) is 0 Å². The molecule has 0 radical (unpaired) electrons. The van der Waals surface area contributed by atoms with Crippen molar-refractivity contribution in [2.75, 3.05) is 47.3 Å². The number of likely N-dealkylation sites (tertiary alicyclic amines) is 2. The summed E-state index contributed by atoms with van der Waals surface area (Å²) in [5.41, 5.74) is 10.4. The van der Waals surface area contributed by atoms with Gasteiger partial charge in [0.1, 0.15) is 18.1 Å². The molecule has 70 heavy (non-hydrogen) atoms. The molecule has 0 bridgehead atoms. The SMILES string of the molecule is C=C(NC(CCNC(=O)c1ccc(-c2ccc(C(=O)NCC[C@H](NC(=O)C(C)NC)C(=O)N3CCC[C@H]3C(=O)N[C@@H]3CCCc4ccccc43)cc2)cc1)C(=O)N1CCC[C@H]1C)[C@H](C)NC.CN=CN. The molecule has 0 saturated carbocycles. The molecule has 0 spiro atoms. The summed E-state index contributed by atoms with van der Waals surface area (Å²) in [6.45, 7) is 11.4. The molecule has 17 nitrogen and oxygen atoms in total. The lowest BCUT2D eigenvalue weighted by molar-refractivity contribution is -0.142. The number of aliphatic imine (C=N–C) groups is 1. The summed E-state index contributed by atoms with van der Waals surface area (Å²) < 4.78 is 0. The van der Waals surface area contributed by atoms with Crippen LogP contribution in [0.5, 0.6) is 0 Å². The van der Waals surface area contributed by atoms with E-state index in [1.165, 1.54) is 11.9 Å². The number of fused-ring (bicyclic) bond motifs is 1. The molecule has 2 unspecified atom stereocenters. The van der Waals surface area contributed by atoms with E-state index in [0.29, 0.717) is 49.2 Å². The maximum Gasteiger partial charge on any atom is 0.251 e. The van der Waals surface area contributed by atoms with Crippen LogP contribution in [0.15, 0.2) is 90.1 Å². The van der Waals surface area contributed by atoms with Crippen LogP contribution >= 0.6 is 0 Å². The fraction of sp³-hybridized carbons (Fsp3) is 0.491. The third-order valence-corrected chi connectivity index (χ3v) is 13.6. The van der Waals surface area contributed by atoms with E-state index in [1.807, 2.05) is 55.3 Å². The summed E-state index contributed by atoms with van der Waals surface area (Å²) in [5.74, 6) is -1.47. The van der Waals surface area contributed by atoms with Gasteiger partial charge in [-0.05, 0) is 139 Å². The number of carbonyl (C=O) groups is 6. The molecule has 2 heterocycles. The average molecular weight is 962 g/mol. The van der Waals surface area contributed by atoms with Crippen LogP contribution in [-0.2, 0) is 25.6 Å². The molecular formula is C53H75N11O6. The minimum atomic E-state index is -0.954. The van der Waals surface area contributed by atoms with Crippen molar-refractivity contribution in [3.63, 3.8) is 0 Å². The van der Waals surface area contributed by atoms with Gasteiger partial charge in [-0.3, -0.25) is 33.8 Å². The van der Waals surface area contributed by atoms with Gasteiger partial charge >= 0.3 is 0 Å². The first-order valence-electron chi connectivity index (χ1n) is 24.7. The summed E-state index contributed by atoms with van der Waals surface area (Å²) in [7, 11) is 5.12. The number of likely N-dealkylation sites (N-methyl/N-ethyl adjacent to an activating group) is 2. The molecule has 6 amide bonds. The number of nitrogens with zero attached hydrogens (tertiary/aromatic N) is 3. The molecule has 3 aliphatic rings. The summed E-state index contributed by atoms with van der Waals surface area (Å²) in [6, 6.07) is 19.8. The Labute approximate surface area is 413 Å². The van der Waals surface area contributed by atoms with Crippen LogP contribution in [0.4, 0.5) is 0 Å². The molecule has 2 saturated heterocycles. The van der Waals surface area contributed by atoms with E-state index < -0.39 is 24.2 Å². The maximum atomic E-state index is 14.1. The van der Waals surface area contributed by atoms with Gasteiger partial charge in [0.05, 0.1) is 18.4 Å². The first-order chi connectivity index (χ1) is 33.7. The molecule has 1 aliphatic carbocycles. The van der Waals surface area contributed by atoms with Crippen molar-refractivity contribution in [2.45, 2.75) is 121 Å². The van der Waals surface area contributed by atoms with Crippen LogP contribution in [0.2, 0.25) is 0 Å². The number of hydrogen-bond acceptors (Lipinski definition) is 10. The normalized spacial score (nSPS) is 19.1. The quantitative estimate of drug-likeness (QED) is 0.0607. The van der Waals surface area contributed by atoms with Gasteiger partial charge < -0.3 is 52.8 Å². The van der Waals surface area contributed by atoms with Crippen LogP contribution in [0.1, 0.15) is 110 Å². The minimum Gasteiger partial charge on any atom is -0.390 e.